The number of ether oxygens (including phenoxy) is 1. The van der Waals surface area contributed by atoms with E-state index in [1.807, 2.05) is 37.3 Å². The molecule has 0 spiro atoms. The Bertz CT molecular complexity index is 522. The summed E-state index contributed by atoms with van der Waals surface area (Å²) in [5, 5.41) is 5.80. The quantitative estimate of drug-likeness (QED) is 0.714. The van der Waals surface area contributed by atoms with Crippen LogP contribution in [0.5, 0.6) is 0 Å². The third kappa shape index (κ3) is 5.53. The molecule has 1 aromatic carbocycles. The fourth-order valence-electron chi connectivity index (χ4n) is 2.81. The Kier molecular flexibility index (Phi) is 7.55. The second kappa shape index (κ2) is 9.93. The molecule has 3 amide bonds. The number of hydrogen-bond acceptors (Lipinski definition) is 3. The standard InChI is InChI=1S/C18H27N3O3/c1-2-24-13-7-11-19-17(22)16-10-6-12-21(16)18(23)20-14-15-8-4-3-5-9-15/h3-5,8-9,16H,2,6-7,10-14H2,1H3,(H,19,22)(H,20,23). The topological polar surface area (TPSA) is 70.7 Å². The van der Waals surface area contributed by atoms with Crippen molar-refractivity contribution < 1.29 is 14.3 Å². The third-order valence-corrected chi connectivity index (χ3v) is 4.07. The Morgan fingerprint density at radius 3 is 2.79 bits per heavy atom. The van der Waals surface area contributed by atoms with E-state index >= 15 is 0 Å². The van der Waals surface area contributed by atoms with Crippen molar-refractivity contribution in [2.45, 2.75) is 38.8 Å². The van der Waals surface area contributed by atoms with Crippen LogP contribution in [0.15, 0.2) is 30.3 Å². The Balaban J connectivity index is 1.76. The number of hydrogen-bond donors (Lipinski definition) is 2. The second-order valence-electron chi connectivity index (χ2n) is 5.84. The van der Waals surface area contributed by atoms with Crippen LogP contribution in [0.2, 0.25) is 0 Å². The van der Waals surface area contributed by atoms with Crippen LogP contribution < -0.4 is 10.6 Å². The molecular weight excluding hydrogens is 306 g/mol. The van der Waals surface area contributed by atoms with Crippen molar-refractivity contribution in [1.82, 2.24) is 15.5 Å². The number of nitrogens with one attached hydrogen (secondary N) is 2. The highest BCUT2D eigenvalue weighted by atomic mass is 16.5. The lowest BCUT2D eigenvalue weighted by Crippen LogP contribution is -2.49. The summed E-state index contributed by atoms with van der Waals surface area (Å²) in [7, 11) is 0. The highest BCUT2D eigenvalue weighted by molar-refractivity contribution is 5.87. The maximum atomic E-state index is 12.4. The fourth-order valence-corrected chi connectivity index (χ4v) is 2.81. The monoisotopic (exact) mass is 333 g/mol. The molecule has 24 heavy (non-hydrogen) atoms. The molecule has 0 radical (unpaired) electrons. The molecular formula is C18H27N3O3. The molecule has 6 nitrogen and oxygen atoms in total. The molecule has 1 fully saturated rings. The summed E-state index contributed by atoms with van der Waals surface area (Å²) in [5.74, 6) is -0.0705. The first-order valence-electron chi connectivity index (χ1n) is 8.66. The Hall–Kier alpha value is -2.08. The van der Waals surface area contributed by atoms with E-state index in [0.717, 1.165) is 24.8 Å². The molecule has 0 aromatic heterocycles. The first-order valence-corrected chi connectivity index (χ1v) is 8.66. The zero-order valence-corrected chi connectivity index (χ0v) is 14.3. The van der Waals surface area contributed by atoms with Gasteiger partial charge in [0.25, 0.3) is 0 Å². The maximum absolute atomic E-state index is 12.4. The Morgan fingerprint density at radius 1 is 1.25 bits per heavy atom. The molecule has 1 saturated heterocycles. The van der Waals surface area contributed by atoms with Gasteiger partial charge in [-0.3, -0.25) is 4.79 Å². The van der Waals surface area contributed by atoms with Crippen LogP contribution >= 0.6 is 0 Å². The largest absolute Gasteiger partial charge is 0.382 e. The van der Waals surface area contributed by atoms with Gasteiger partial charge in [-0.1, -0.05) is 30.3 Å². The first kappa shape index (κ1) is 18.3. The minimum atomic E-state index is -0.368. The maximum Gasteiger partial charge on any atom is 0.318 e. The van der Waals surface area contributed by atoms with Crippen molar-refractivity contribution >= 4 is 11.9 Å². The van der Waals surface area contributed by atoms with Crippen molar-refractivity contribution in [2.75, 3.05) is 26.3 Å². The minimum Gasteiger partial charge on any atom is -0.382 e. The number of likely N-dealkylation sites (tertiary alicyclic amines) is 1. The summed E-state index contributed by atoms with van der Waals surface area (Å²) in [6.07, 6.45) is 2.36. The molecule has 0 bridgehead atoms. The number of urea groups is 1. The zero-order valence-electron chi connectivity index (χ0n) is 14.3. The predicted octanol–water partition coefficient (Wildman–Crippen LogP) is 1.90. The number of rotatable bonds is 8. The fraction of sp³-hybridized carbons (Fsp3) is 0.556. The first-order chi connectivity index (χ1) is 11.7. The smallest absolute Gasteiger partial charge is 0.318 e. The van der Waals surface area contributed by atoms with Crippen LogP contribution in [0.1, 0.15) is 31.7 Å². The number of nitrogens with zero attached hydrogens (tertiary/aromatic N) is 1. The number of carbonyl (C=O) groups excluding carboxylic acids is 2. The zero-order chi connectivity index (χ0) is 17.2. The normalized spacial score (nSPS) is 16.9. The van der Waals surface area contributed by atoms with Crippen LogP contribution in [0, 0.1) is 0 Å². The average Bonchev–Trinajstić information content (AvgIpc) is 3.10. The molecule has 1 aliphatic rings. The van der Waals surface area contributed by atoms with Gasteiger partial charge in [0.1, 0.15) is 6.04 Å². The van der Waals surface area contributed by atoms with Crippen LogP contribution in [0.25, 0.3) is 0 Å². The Labute approximate surface area is 143 Å². The van der Waals surface area contributed by atoms with Gasteiger partial charge in [-0.25, -0.2) is 4.79 Å². The van der Waals surface area contributed by atoms with Crippen LogP contribution in [-0.4, -0.2) is 49.2 Å². The van der Waals surface area contributed by atoms with Gasteiger partial charge in [-0.05, 0) is 31.7 Å². The molecule has 0 saturated carbocycles. The molecule has 1 aromatic rings. The van der Waals surface area contributed by atoms with Crippen molar-refractivity contribution in [1.29, 1.82) is 0 Å². The summed E-state index contributed by atoms with van der Waals surface area (Å²) in [6.45, 7) is 4.95. The van der Waals surface area contributed by atoms with Gasteiger partial charge in [0.2, 0.25) is 5.91 Å². The van der Waals surface area contributed by atoms with Gasteiger partial charge in [0.05, 0.1) is 0 Å². The molecule has 0 aliphatic carbocycles. The third-order valence-electron chi connectivity index (χ3n) is 4.07. The van der Waals surface area contributed by atoms with Gasteiger partial charge in [-0.15, -0.1) is 0 Å². The van der Waals surface area contributed by atoms with E-state index in [0.29, 0.717) is 32.8 Å². The number of benzene rings is 1. The van der Waals surface area contributed by atoms with E-state index in [2.05, 4.69) is 10.6 Å². The molecule has 1 unspecified atom stereocenters. The van der Waals surface area contributed by atoms with E-state index < -0.39 is 0 Å². The summed E-state index contributed by atoms with van der Waals surface area (Å²) >= 11 is 0. The lowest BCUT2D eigenvalue weighted by Gasteiger charge is -2.24. The lowest BCUT2D eigenvalue weighted by atomic mass is 10.2. The Morgan fingerprint density at radius 2 is 2.04 bits per heavy atom. The minimum absolute atomic E-state index is 0.0705. The molecule has 2 N–H and O–H groups in total. The van der Waals surface area contributed by atoms with Crippen LogP contribution in [-0.2, 0) is 16.1 Å². The molecule has 1 heterocycles. The van der Waals surface area contributed by atoms with Crippen molar-refractivity contribution in [3.8, 4) is 0 Å². The lowest BCUT2D eigenvalue weighted by molar-refractivity contribution is -0.124. The number of amides is 3. The highest BCUT2D eigenvalue weighted by Gasteiger charge is 2.33. The van der Waals surface area contributed by atoms with Crippen molar-refractivity contribution in [3.63, 3.8) is 0 Å². The van der Waals surface area contributed by atoms with Gasteiger partial charge in [0, 0.05) is 32.8 Å². The summed E-state index contributed by atoms with van der Waals surface area (Å²) in [4.78, 5) is 26.3. The van der Waals surface area contributed by atoms with E-state index in [9.17, 15) is 9.59 Å². The molecule has 6 heteroatoms. The summed E-state index contributed by atoms with van der Waals surface area (Å²) in [5.41, 5.74) is 1.04. The van der Waals surface area contributed by atoms with Gasteiger partial charge in [-0.2, -0.15) is 0 Å². The molecule has 2 rings (SSSR count). The van der Waals surface area contributed by atoms with Gasteiger partial charge >= 0.3 is 6.03 Å². The SMILES string of the molecule is CCOCCCNC(=O)C1CCCN1C(=O)NCc1ccccc1. The van der Waals surface area contributed by atoms with Crippen molar-refractivity contribution in [3.05, 3.63) is 35.9 Å². The average molecular weight is 333 g/mol. The summed E-state index contributed by atoms with van der Waals surface area (Å²) < 4.78 is 5.25. The van der Waals surface area contributed by atoms with Gasteiger partial charge < -0.3 is 20.3 Å². The van der Waals surface area contributed by atoms with Gasteiger partial charge in [0.15, 0.2) is 0 Å². The van der Waals surface area contributed by atoms with Crippen LogP contribution in [0.4, 0.5) is 4.79 Å². The van der Waals surface area contributed by atoms with E-state index in [1.165, 1.54) is 0 Å². The van der Waals surface area contributed by atoms with Crippen molar-refractivity contribution in [2.24, 2.45) is 0 Å². The summed E-state index contributed by atoms with van der Waals surface area (Å²) in [6, 6.07) is 9.21. The van der Waals surface area contributed by atoms with Crippen LogP contribution in [0.3, 0.4) is 0 Å². The highest BCUT2D eigenvalue weighted by Crippen LogP contribution is 2.17. The predicted molar refractivity (Wildman–Crippen MR) is 92.5 cm³/mol. The van der Waals surface area contributed by atoms with E-state index in [4.69, 9.17) is 4.74 Å². The van der Waals surface area contributed by atoms with E-state index in [-0.39, 0.29) is 18.0 Å². The molecule has 132 valence electrons. The molecule has 1 atom stereocenters. The second-order valence-corrected chi connectivity index (χ2v) is 5.84. The molecule has 1 aliphatic heterocycles. The number of carbonyl (C=O) groups is 2. The van der Waals surface area contributed by atoms with E-state index in [1.54, 1.807) is 4.90 Å².